The summed E-state index contributed by atoms with van der Waals surface area (Å²) in [6.45, 7) is 11.9. The minimum absolute atomic E-state index is 0.137. The number of rotatable bonds is 5. The number of aliphatic hydroxyl groups excluding tert-OH is 2. The Kier molecular flexibility index (Phi) is 5.84. The number of fused-ring (bicyclic) bond motifs is 5. The van der Waals surface area contributed by atoms with Crippen molar-refractivity contribution < 1.29 is 10.2 Å². The maximum absolute atomic E-state index is 10.9. The van der Waals surface area contributed by atoms with E-state index in [0.29, 0.717) is 35.0 Å². The van der Waals surface area contributed by atoms with Crippen LogP contribution in [0.4, 0.5) is 0 Å². The molecule has 2 nitrogen and oxygen atoms in total. The molecule has 0 aromatic carbocycles. The highest BCUT2D eigenvalue weighted by Gasteiger charge is 2.57. The van der Waals surface area contributed by atoms with Crippen molar-refractivity contribution in [2.75, 3.05) is 0 Å². The predicted molar refractivity (Wildman–Crippen MR) is 120 cm³/mol. The SMILES string of the molecule is CC(C)CC[C@@H](O)[C@@H](C)[C@H]1CC[C@H]2C3=CC=C4C[C@@H](O)CC[C@@]4(C)[C@@H]3CC[C@]12C. The Labute approximate surface area is 178 Å². The molecule has 0 bridgehead atoms. The largest absolute Gasteiger partial charge is 0.393 e. The molecular formula is C27H44O2. The Bertz CT molecular complexity index is 676. The summed E-state index contributed by atoms with van der Waals surface area (Å²) in [6.07, 6.45) is 14.8. The van der Waals surface area contributed by atoms with E-state index in [0.717, 1.165) is 32.1 Å². The highest BCUT2D eigenvalue weighted by molar-refractivity contribution is 5.38. The highest BCUT2D eigenvalue weighted by atomic mass is 16.3. The maximum atomic E-state index is 10.9. The molecule has 0 aromatic heterocycles. The Balaban J connectivity index is 1.55. The van der Waals surface area contributed by atoms with Crippen molar-refractivity contribution in [3.63, 3.8) is 0 Å². The van der Waals surface area contributed by atoms with Gasteiger partial charge in [-0.25, -0.2) is 0 Å². The van der Waals surface area contributed by atoms with E-state index in [4.69, 9.17) is 0 Å². The van der Waals surface area contributed by atoms with Crippen molar-refractivity contribution in [1.29, 1.82) is 0 Å². The molecule has 0 saturated heterocycles. The summed E-state index contributed by atoms with van der Waals surface area (Å²) in [4.78, 5) is 0. The summed E-state index contributed by atoms with van der Waals surface area (Å²) in [7, 11) is 0. The van der Waals surface area contributed by atoms with Gasteiger partial charge in [-0.15, -0.1) is 0 Å². The smallest absolute Gasteiger partial charge is 0.0578 e. The summed E-state index contributed by atoms with van der Waals surface area (Å²) in [5.74, 6) is 3.07. The van der Waals surface area contributed by atoms with Gasteiger partial charge in [0.15, 0.2) is 0 Å². The first-order valence-corrected chi connectivity index (χ1v) is 12.4. The molecular weight excluding hydrogens is 356 g/mol. The maximum Gasteiger partial charge on any atom is 0.0578 e. The van der Waals surface area contributed by atoms with Crippen molar-refractivity contribution in [2.24, 2.45) is 40.4 Å². The zero-order valence-corrected chi connectivity index (χ0v) is 19.5. The molecule has 0 unspecified atom stereocenters. The molecule has 8 atom stereocenters. The molecule has 0 heterocycles. The van der Waals surface area contributed by atoms with Crippen LogP contribution in [0.15, 0.2) is 23.3 Å². The Hall–Kier alpha value is -0.600. The van der Waals surface area contributed by atoms with E-state index in [2.05, 4.69) is 46.8 Å². The molecule has 164 valence electrons. The minimum Gasteiger partial charge on any atom is -0.393 e. The molecule has 2 heteroatoms. The molecule has 3 fully saturated rings. The fourth-order valence-corrected chi connectivity index (χ4v) is 7.92. The van der Waals surface area contributed by atoms with Crippen molar-refractivity contribution in [2.45, 2.75) is 105 Å². The third-order valence-corrected chi connectivity index (χ3v) is 9.90. The van der Waals surface area contributed by atoms with E-state index in [9.17, 15) is 10.2 Å². The Morgan fingerprint density at radius 2 is 1.72 bits per heavy atom. The van der Waals surface area contributed by atoms with E-state index in [-0.39, 0.29) is 17.6 Å². The Morgan fingerprint density at radius 3 is 2.45 bits per heavy atom. The standard InChI is InChI=1S/C27H44O2/c1-17(2)6-11-25(29)18(3)22-9-10-23-21-8-7-19-16-20(28)12-14-26(19,4)24(21)13-15-27(22,23)5/h7-8,17-18,20,22-25,28-29H,6,9-16H2,1-5H3/t18-,20-,22+,23-,24+,25+,26+,27+/m0/s1. The first-order valence-electron chi connectivity index (χ1n) is 12.4. The van der Waals surface area contributed by atoms with Gasteiger partial charge in [-0.3, -0.25) is 0 Å². The fourth-order valence-electron chi connectivity index (χ4n) is 7.92. The van der Waals surface area contributed by atoms with Crippen LogP contribution in [0.1, 0.15) is 92.4 Å². The van der Waals surface area contributed by atoms with E-state index < -0.39 is 0 Å². The van der Waals surface area contributed by atoms with E-state index in [1.807, 2.05) is 0 Å². The van der Waals surface area contributed by atoms with Gasteiger partial charge in [-0.2, -0.15) is 0 Å². The molecule has 0 radical (unpaired) electrons. The number of aliphatic hydroxyl groups is 2. The topological polar surface area (TPSA) is 40.5 Å². The van der Waals surface area contributed by atoms with Crippen LogP contribution in [0.25, 0.3) is 0 Å². The van der Waals surface area contributed by atoms with Crippen LogP contribution in [0.3, 0.4) is 0 Å². The molecule has 4 rings (SSSR count). The van der Waals surface area contributed by atoms with Gasteiger partial charge in [-0.1, -0.05) is 57.9 Å². The van der Waals surface area contributed by atoms with E-state index >= 15 is 0 Å². The predicted octanol–water partition coefficient (Wildman–Crippen LogP) is 6.28. The molecule has 0 aromatic rings. The number of hydrogen-bond donors (Lipinski definition) is 2. The quantitative estimate of drug-likeness (QED) is 0.570. The summed E-state index contributed by atoms with van der Waals surface area (Å²) >= 11 is 0. The van der Waals surface area contributed by atoms with Gasteiger partial charge in [0, 0.05) is 0 Å². The first kappa shape index (κ1) is 21.6. The Morgan fingerprint density at radius 1 is 0.966 bits per heavy atom. The van der Waals surface area contributed by atoms with Gasteiger partial charge in [-0.05, 0) is 98.2 Å². The van der Waals surface area contributed by atoms with Crippen LogP contribution in [-0.2, 0) is 0 Å². The first-order chi connectivity index (χ1) is 13.7. The van der Waals surface area contributed by atoms with Crippen LogP contribution < -0.4 is 0 Å². The molecule has 0 amide bonds. The van der Waals surface area contributed by atoms with Crippen LogP contribution >= 0.6 is 0 Å². The molecule has 0 aliphatic heterocycles. The second-order valence-electron chi connectivity index (χ2n) is 11.9. The van der Waals surface area contributed by atoms with Crippen LogP contribution in [-0.4, -0.2) is 22.4 Å². The van der Waals surface area contributed by atoms with Gasteiger partial charge in [0.1, 0.15) is 0 Å². The average molecular weight is 401 g/mol. The van der Waals surface area contributed by atoms with Crippen molar-refractivity contribution >= 4 is 0 Å². The zero-order chi connectivity index (χ0) is 21.0. The second-order valence-corrected chi connectivity index (χ2v) is 11.9. The van der Waals surface area contributed by atoms with E-state index in [1.165, 1.54) is 31.3 Å². The van der Waals surface area contributed by atoms with Crippen molar-refractivity contribution in [1.82, 2.24) is 0 Å². The molecule has 0 spiro atoms. The van der Waals surface area contributed by atoms with Crippen LogP contribution in [0.5, 0.6) is 0 Å². The second kappa shape index (κ2) is 7.83. The summed E-state index contributed by atoms with van der Waals surface area (Å²) in [5.41, 5.74) is 3.83. The average Bonchev–Trinajstić information content (AvgIpc) is 3.03. The van der Waals surface area contributed by atoms with Gasteiger partial charge >= 0.3 is 0 Å². The molecule has 3 saturated carbocycles. The highest BCUT2D eigenvalue weighted by Crippen LogP contribution is 2.66. The zero-order valence-electron chi connectivity index (χ0n) is 19.5. The summed E-state index contributed by atoms with van der Waals surface area (Å²) in [5, 5.41) is 21.1. The lowest BCUT2D eigenvalue weighted by Crippen LogP contribution is -2.47. The van der Waals surface area contributed by atoms with E-state index in [1.54, 1.807) is 5.57 Å². The third-order valence-electron chi connectivity index (χ3n) is 9.90. The lowest BCUT2D eigenvalue weighted by Gasteiger charge is -2.55. The minimum atomic E-state index is -0.153. The van der Waals surface area contributed by atoms with Crippen LogP contribution in [0, 0.1) is 40.4 Å². The lowest BCUT2D eigenvalue weighted by atomic mass is 9.50. The fraction of sp³-hybridized carbons (Fsp3) is 0.852. The normalized spacial score (nSPS) is 43.7. The van der Waals surface area contributed by atoms with Crippen molar-refractivity contribution in [3.05, 3.63) is 23.3 Å². The van der Waals surface area contributed by atoms with Gasteiger partial charge in [0.2, 0.25) is 0 Å². The lowest BCUT2D eigenvalue weighted by molar-refractivity contribution is -0.00324. The molecule has 2 N–H and O–H groups in total. The third kappa shape index (κ3) is 3.57. The van der Waals surface area contributed by atoms with Gasteiger partial charge < -0.3 is 10.2 Å². The monoisotopic (exact) mass is 400 g/mol. The van der Waals surface area contributed by atoms with Gasteiger partial charge in [0.25, 0.3) is 0 Å². The summed E-state index contributed by atoms with van der Waals surface area (Å²) in [6, 6.07) is 0. The summed E-state index contributed by atoms with van der Waals surface area (Å²) < 4.78 is 0. The number of hydrogen-bond acceptors (Lipinski definition) is 2. The molecule has 4 aliphatic carbocycles. The van der Waals surface area contributed by atoms with Gasteiger partial charge in [0.05, 0.1) is 12.2 Å². The number of allylic oxidation sites excluding steroid dienone is 3. The van der Waals surface area contributed by atoms with Crippen molar-refractivity contribution in [3.8, 4) is 0 Å². The molecule has 4 aliphatic rings. The molecule has 29 heavy (non-hydrogen) atoms. The van der Waals surface area contributed by atoms with Crippen LogP contribution in [0.2, 0.25) is 0 Å².